The van der Waals surface area contributed by atoms with E-state index in [2.05, 4.69) is 29.8 Å². The first kappa shape index (κ1) is 14.5. The molecule has 2 rings (SSSR count). The Morgan fingerprint density at radius 1 is 1.53 bits per heavy atom. The summed E-state index contributed by atoms with van der Waals surface area (Å²) in [5, 5.41) is 5.17. The van der Waals surface area contributed by atoms with Crippen molar-refractivity contribution in [2.75, 3.05) is 0 Å². The van der Waals surface area contributed by atoms with E-state index in [9.17, 15) is 4.79 Å². The highest BCUT2D eigenvalue weighted by Gasteiger charge is 2.24. The number of amides is 1. The minimum Gasteiger partial charge on any atom is -0.353 e. The van der Waals surface area contributed by atoms with Crippen molar-refractivity contribution in [1.82, 2.24) is 5.32 Å². The first-order valence-electron chi connectivity index (χ1n) is 7.22. The highest BCUT2D eigenvalue weighted by atomic mass is 32.1. The summed E-state index contributed by atoms with van der Waals surface area (Å²) >= 11 is 1.74. The van der Waals surface area contributed by atoms with Gasteiger partial charge < -0.3 is 11.1 Å². The second-order valence-corrected chi connectivity index (χ2v) is 6.70. The predicted molar refractivity (Wildman–Crippen MR) is 80.2 cm³/mol. The first-order chi connectivity index (χ1) is 9.15. The van der Waals surface area contributed by atoms with Crippen molar-refractivity contribution in [1.29, 1.82) is 0 Å². The van der Waals surface area contributed by atoms with E-state index in [1.165, 1.54) is 17.7 Å². The maximum absolute atomic E-state index is 12.0. The van der Waals surface area contributed by atoms with E-state index in [0.29, 0.717) is 12.3 Å². The zero-order valence-electron chi connectivity index (χ0n) is 11.6. The minimum atomic E-state index is 0.159. The van der Waals surface area contributed by atoms with Crippen LogP contribution in [-0.2, 0) is 11.2 Å². The Balaban J connectivity index is 1.74. The molecular weight excluding hydrogens is 256 g/mol. The second-order valence-electron chi connectivity index (χ2n) is 5.66. The molecule has 1 fully saturated rings. The molecule has 1 aromatic heterocycles. The van der Waals surface area contributed by atoms with Gasteiger partial charge in [0.15, 0.2) is 0 Å². The van der Waals surface area contributed by atoms with E-state index < -0.39 is 0 Å². The van der Waals surface area contributed by atoms with Crippen molar-refractivity contribution < 1.29 is 4.79 Å². The van der Waals surface area contributed by atoms with Crippen LogP contribution in [0.2, 0.25) is 0 Å². The van der Waals surface area contributed by atoms with Gasteiger partial charge in [0.1, 0.15) is 0 Å². The summed E-state index contributed by atoms with van der Waals surface area (Å²) in [4.78, 5) is 13.4. The van der Waals surface area contributed by atoms with Crippen LogP contribution in [0.1, 0.15) is 43.9 Å². The summed E-state index contributed by atoms with van der Waals surface area (Å²) in [5.74, 6) is 0.536. The lowest BCUT2D eigenvalue weighted by molar-refractivity contribution is -0.123. The zero-order chi connectivity index (χ0) is 13.7. The molecule has 1 aromatic rings. The van der Waals surface area contributed by atoms with E-state index in [4.69, 9.17) is 5.73 Å². The van der Waals surface area contributed by atoms with E-state index in [0.717, 1.165) is 19.3 Å². The number of thiophene rings is 1. The standard InChI is InChI=1S/C15H24N2OS/c1-11(9-13-6-4-8-19-13)17-15(18)10-12-5-2-3-7-14(12)16/h4,6,8,11-12,14H,2-3,5,7,9-10,16H2,1H3,(H,17,18). The Morgan fingerprint density at radius 3 is 3.00 bits per heavy atom. The fraction of sp³-hybridized carbons (Fsp3) is 0.667. The smallest absolute Gasteiger partial charge is 0.220 e. The summed E-state index contributed by atoms with van der Waals surface area (Å²) in [6.07, 6.45) is 6.12. The Labute approximate surface area is 119 Å². The van der Waals surface area contributed by atoms with E-state index in [-0.39, 0.29) is 18.0 Å². The fourth-order valence-corrected chi connectivity index (χ4v) is 3.68. The van der Waals surface area contributed by atoms with Crippen molar-refractivity contribution >= 4 is 17.2 Å². The molecule has 1 saturated carbocycles. The Kier molecular flexibility index (Phi) is 5.40. The van der Waals surface area contributed by atoms with Crippen LogP contribution in [-0.4, -0.2) is 18.0 Å². The molecule has 1 aliphatic rings. The molecule has 0 aliphatic heterocycles. The number of hydrogen-bond donors (Lipinski definition) is 2. The first-order valence-corrected chi connectivity index (χ1v) is 8.10. The summed E-state index contributed by atoms with van der Waals surface area (Å²) in [7, 11) is 0. The van der Waals surface area contributed by atoms with Gasteiger partial charge in [-0.1, -0.05) is 18.9 Å². The Morgan fingerprint density at radius 2 is 2.32 bits per heavy atom. The number of carbonyl (C=O) groups excluding carboxylic acids is 1. The lowest BCUT2D eigenvalue weighted by Gasteiger charge is -2.28. The number of hydrogen-bond acceptors (Lipinski definition) is 3. The van der Waals surface area contributed by atoms with Crippen LogP contribution in [0.3, 0.4) is 0 Å². The van der Waals surface area contributed by atoms with E-state index in [1.54, 1.807) is 11.3 Å². The van der Waals surface area contributed by atoms with Gasteiger partial charge in [0, 0.05) is 29.8 Å². The summed E-state index contributed by atoms with van der Waals surface area (Å²) in [5.41, 5.74) is 6.09. The third-order valence-corrected chi connectivity index (χ3v) is 4.81. The van der Waals surface area contributed by atoms with Gasteiger partial charge in [-0.05, 0) is 37.1 Å². The van der Waals surface area contributed by atoms with Crippen molar-refractivity contribution in [3.8, 4) is 0 Å². The molecule has 0 bridgehead atoms. The van der Waals surface area contributed by atoms with Crippen molar-refractivity contribution in [2.24, 2.45) is 11.7 Å². The molecule has 1 amide bonds. The second kappa shape index (κ2) is 7.06. The fourth-order valence-electron chi connectivity index (χ4n) is 2.84. The van der Waals surface area contributed by atoms with Crippen LogP contribution in [0.5, 0.6) is 0 Å². The zero-order valence-corrected chi connectivity index (χ0v) is 12.4. The highest BCUT2D eigenvalue weighted by molar-refractivity contribution is 7.09. The van der Waals surface area contributed by atoms with Crippen LogP contribution in [0.15, 0.2) is 17.5 Å². The van der Waals surface area contributed by atoms with E-state index >= 15 is 0 Å². The van der Waals surface area contributed by atoms with Crippen molar-refractivity contribution in [3.63, 3.8) is 0 Å². The van der Waals surface area contributed by atoms with Crippen molar-refractivity contribution in [2.45, 2.75) is 57.5 Å². The molecule has 4 heteroatoms. The SMILES string of the molecule is CC(Cc1cccs1)NC(=O)CC1CCCCC1N. The Hall–Kier alpha value is -0.870. The average molecular weight is 280 g/mol. The number of carbonyl (C=O) groups is 1. The minimum absolute atomic E-state index is 0.159. The average Bonchev–Trinajstić information content (AvgIpc) is 2.84. The van der Waals surface area contributed by atoms with Gasteiger partial charge in [-0.3, -0.25) is 4.79 Å². The summed E-state index contributed by atoms with van der Waals surface area (Å²) in [6.45, 7) is 2.07. The molecule has 0 aromatic carbocycles. The molecule has 3 atom stereocenters. The quantitative estimate of drug-likeness (QED) is 0.871. The van der Waals surface area contributed by atoms with Crippen LogP contribution in [0.25, 0.3) is 0 Å². The lowest BCUT2D eigenvalue weighted by Crippen LogP contribution is -2.40. The number of rotatable bonds is 5. The van der Waals surface area contributed by atoms with Gasteiger partial charge in [0.25, 0.3) is 0 Å². The molecule has 1 aliphatic carbocycles. The van der Waals surface area contributed by atoms with Crippen molar-refractivity contribution in [3.05, 3.63) is 22.4 Å². The van der Waals surface area contributed by atoms with Crippen LogP contribution in [0.4, 0.5) is 0 Å². The third kappa shape index (κ3) is 4.62. The molecule has 19 heavy (non-hydrogen) atoms. The van der Waals surface area contributed by atoms with Gasteiger partial charge in [-0.15, -0.1) is 11.3 Å². The van der Waals surface area contributed by atoms with Gasteiger partial charge in [-0.25, -0.2) is 0 Å². The molecule has 106 valence electrons. The maximum Gasteiger partial charge on any atom is 0.220 e. The predicted octanol–water partition coefficient (Wildman–Crippen LogP) is 2.70. The number of nitrogens with two attached hydrogens (primary N) is 1. The molecule has 3 unspecified atom stereocenters. The molecule has 3 N–H and O–H groups in total. The lowest BCUT2D eigenvalue weighted by atomic mass is 9.83. The van der Waals surface area contributed by atoms with Gasteiger partial charge in [0.2, 0.25) is 5.91 Å². The summed E-state index contributed by atoms with van der Waals surface area (Å²) in [6, 6.07) is 4.58. The molecule has 0 saturated heterocycles. The molecule has 1 heterocycles. The van der Waals surface area contributed by atoms with Crippen LogP contribution in [0, 0.1) is 5.92 Å². The largest absolute Gasteiger partial charge is 0.353 e. The van der Waals surface area contributed by atoms with Gasteiger partial charge in [-0.2, -0.15) is 0 Å². The third-order valence-electron chi connectivity index (χ3n) is 3.91. The van der Waals surface area contributed by atoms with Gasteiger partial charge >= 0.3 is 0 Å². The van der Waals surface area contributed by atoms with E-state index in [1.807, 2.05) is 0 Å². The number of nitrogens with one attached hydrogen (secondary N) is 1. The molecular formula is C15H24N2OS. The Bertz CT molecular complexity index is 391. The normalized spacial score (nSPS) is 24.9. The maximum atomic E-state index is 12.0. The monoisotopic (exact) mass is 280 g/mol. The van der Waals surface area contributed by atoms with Gasteiger partial charge in [0.05, 0.1) is 0 Å². The summed E-state index contributed by atoms with van der Waals surface area (Å²) < 4.78 is 0. The molecule has 0 radical (unpaired) electrons. The van der Waals surface area contributed by atoms with Crippen LogP contribution < -0.4 is 11.1 Å². The topological polar surface area (TPSA) is 55.1 Å². The molecule has 0 spiro atoms. The van der Waals surface area contributed by atoms with Crippen LogP contribution >= 0.6 is 11.3 Å². The molecule has 3 nitrogen and oxygen atoms in total. The highest BCUT2D eigenvalue weighted by Crippen LogP contribution is 2.25.